The normalized spacial score (nSPS) is 10.2. The van der Waals surface area contributed by atoms with Crippen LogP contribution in [0.5, 0.6) is 0 Å². The van der Waals surface area contributed by atoms with Crippen molar-refractivity contribution in [2.75, 3.05) is 5.73 Å². The highest BCUT2D eigenvalue weighted by Crippen LogP contribution is 2.25. The largest absolute Gasteiger partial charge is 0.398 e. The lowest BCUT2D eigenvalue weighted by molar-refractivity contribution is 1.70. The topological polar surface area (TPSA) is 26.0 Å². The van der Waals surface area contributed by atoms with E-state index in [9.17, 15) is 0 Å². The SMILES string of the molecule is C=Cc1cccc2cccc(N)c12. The van der Waals surface area contributed by atoms with Gasteiger partial charge in [0, 0.05) is 11.1 Å². The van der Waals surface area contributed by atoms with Gasteiger partial charge in [-0.15, -0.1) is 0 Å². The first-order valence-corrected chi connectivity index (χ1v) is 4.22. The van der Waals surface area contributed by atoms with Crippen LogP contribution >= 0.6 is 0 Å². The number of nitrogens with two attached hydrogens (primary N) is 1. The minimum Gasteiger partial charge on any atom is -0.398 e. The summed E-state index contributed by atoms with van der Waals surface area (Å²) in [6.45, 7) is 3.77. The summed E-state index contributed by atoms with van der Waals surface area (Å²) >= 11 is 0. The van der Waals surface area contributed by atoms with Gasteiger partial charge in [-0.1, -0.05) is 43.0 Å². The van der Waals surface area contributed by atoms with Crippen molar-refractivity contribution in [3.05, 3.63) is 48.5 Å². The molecule has 0 aromatic heterocycles. The van der Waals surface area contributed by atoms with Crippen molar-refractivity contribution < 1.29 is 0 Å². The van der Waals surface area contributed by atoms with E-state index in [0.29, 0.717) is 0 Å². The van der Waals surface area contributed by atoms with Crippen molar-refractivity contribution >= 4 is 22.5 Å². The van der Waals surface area contributed by atoms with Crippen molar-refractivity contribution in [2.45, 2.75) is 0 Å². The number of anilines is 1. The Kier molecular flexibility index (Phi) is 1.78. The number of rotatable bonds is 1. The highest BCUT2D eigenvalue weighted by molar-refractivity contribution is 5.98. The summed E-state index contributed by atoms with van der Waals surface area (Å²) in [5.74, 6) is 0. The summed E-state index contributed by atoms with van der Waals surface area (Å²) < 4.78 is 0. The Labute approximate surface area is 77.5 Å². The molecule has 0 fully saturated rings. The van der Waals surface area contributed by atoms with Crippen molar-refractivity contribution in [1.82, 2.24) is 0 Å². The van der Waals surface area contributed by atoms with E-state index in [4.69, 9.17) is 5.73 Å². The second kappa shape index (κ2) is 2.94. The van der Waals surface area contributed by atoms with Crippen LogP contribution in [-0.4, -0.2) is 0 Å². The van der Waals surface area contributed by atoms with Crippen LogP contribution in [0.1, 0.15) is 5.56 Å². The van der Waals surface area contributed by atoms with E-state index < -0.39 is 0 Å². The maximum absolute atomic E-state index is 5.88. The van der Waals surface area contributed by atoms with Gasteiger partial charge < -0.3 is 5.73 Å². The predicted molar refractivity (Wildman–Crippen MR) is 58.5 cm³/mol. The molecule has 1 nitrogen and oxygen atoms in total. The Bertz CT molecular complexity index is 452. The molecule has 2 aromatic rings. The first-order valence-electron chi connectivity index (χ1n) is 4.22. The van der Waals surface area contributed by atoms with Crippen LogP contribution in [0.4, 0.5) is 5.69 Å². The second-order valence-electron chi connectivity index (χ2n) is 3.00. The maximum atomic E-state index is 5.88. The molecular formula is C12H11N. The fraction of sp³-hybridized carbons (Fsp3) is 0. The summed E-state index contributed by atoms with van der Waals surface area (Å²) in [4.78, 5) is 0. The van der Waals surface area contributed by atoms with Gasteiger partial charge in [-0.3, -0.25) is 0 Å². The lowest BCUT2D eigenvalue weighted by atomic mass is 10.0. The third-order valence-electron chi connectivity index (χ3n) is 2.19. The molecule has 0 aliphatic heterocycles. The molecule has 1 heteroatoms. The van der Waals surface area contributed by atoms with E-state index in [0.717, 1.165) is 22.0 Å². The fourth-order valence-corrected chi connectivity index (χ4v) is 1.57. The molecule has 0 atom stereocenters. The quantitative estimate of drug-likeness (QED) is 0.652. The molecule has 0 amide bonds. The fourth-order valence-electron chi connectivity index (χ4n) is 1.57. The number of benzene rings is 2. The molecule has 0 saturated carbocycles. The van der Waals surface area contributed by atoms with Gasteiger partial charge in [-0.25, -0.2) is 0 Å². The standard InChI is InChI=1S/C12H11N/c1-2-9-5-3-6-10-7-4-8-11(13)12(9)10/h2-8H,1,13H2. The monoisotopic (exact) mass is 169 g/mol. The summed E-state index contributed by atoms with van der Waals surface area (Å²) in [6.07, 6.45) is 1.83. The Morgan fingerprint density at radius 2 is 1.77 bits per heavy atom. The second-order valence-corrected chi connectivity index (χ2v) is 3.00. The lowest BCUT2D eigenvalue weighted by Gasteiger charge is -2.04. The Balaban J connectivity index is 2.94. The Morgan fingerprint density at radius 1 is 1.08 bits per heavy atom. The van der Waals surface area contributed by atoms with Crippen LogP contribution < -0.4 is 5.73 Å². The minimum atomic E-state index is 0.813. The van der Waals surface area contributed by atoms with Gasteiger partial charge in [-0.05, 0) is 17.0 Å². The number of nitrogen functional groups attached to an aromatic ring is 1. The average molecular weight is 169 g/mol. The van der Waals surface area contributed by atoms with Gasteiger partial charge in [0.2, 0.25) is 0 Å². The molecule has 0 unspecified atom stereocenters. The smallest absolute Gasteiger partial charge is 0.0399 e. The van der Waals surface area contributed by atoms with Crippen molar-refractivity contribution in [3.8, 4) is 0 Å². The third-order valence-corrected chi connectivity index (χ3v) is 2.19. The summed E-state index contributed by atoms with van der Waals surface area (Å²) in [5, 5.41) is 2.26. The molecule has 64 valence electrons. The third kappa shape index (κ3) is 1.18. The van der Waals surface area contributed by atoms with E-state index in [1.807, 2.05) is 30.3 Å². The van der Waals surface area contributed by atoms with Gasteiger partial charge in [0.25, 0.3) is 0 Å². The molecule has 2 rings (SSSR count). The van der Waals surface area contributed by atoms with Gasteiger partial charge in [0.15, 0.2) is 0 Å². The molecule has 0 spiro atoms. The molecule has 0 saturated heterocycles. The number of fused-ring (bicyclic) bond motifs is 1. The van der Waals surface area contributed by atoms with E-state index in [1.54, 1.807) is 0 Å². The summed E-state index contributed by atoms with van der Waals surface area (Å²) in [6, 6.07) is 12.0. The van der Waals surface area contributed by atoms with E-state index in [2.05, 4.69) is 18.7 Å². The zero-order valence-electron chi connectivity index (χ0n) is 7.33. The average Bonchev–Trinajstić information content (AvgIpc) is 2.17. The van der Waals surface area contributed by atoms with Crippen LogP contribution in [0, 0.1) is 0 Å². The first kappa shape index (κ1) is 7.87. The summed E-state index contributed by atoms with van der Waals surface area (Å²) in [7, 11) is 0. The molecule has 13 heavy (non-hydrogen) atoms. The van der Waals surface area contributed by atoms with E-state index >= 15 is 0 Å². The molecule has 0 aliphatic carbocycles. The molecular weight excluding hydrogens is 158 g/mol. The van der Waals surface area contributed by atoms with Crippen LogP contribution in [0.3, 0.4) is 0 Å². The van der Waals surface area contributed by atoms with Crippen LogP contribution in [0.25, 0.3) is 16.8 Å². The molecule has 0 radical (unpaired) electrons. The molecule has 2 aromatic carbocycles. The van der Waals surface area contributed by atoms with Crippen LogP contribution in [0.2, 0.25) is 0 Å². The van der Waals surface area contributed by atoms with E-state index in [1.165, 1.54) is 0 Å². The molecule has 0 aliphatic rings. The summed E-state index contributed by atoms with van der Waals surface area (Å²) in [5.41, 5.74) is 7.79. The predicted octanol–water partition coefficient (Wildman–Crippen LogP) is 3.07. The van der Waals surface area contributed by atoms with Crippen molar-refractivity contribution in [3.63, 3.8) is 0 Å². The van der Waals surface area contributed by atoms with E-state index in [-0.39, 0.29) is 0 Å². The maximum Gasteiger partial charge on any atom is 0.0399 e. The zero-order chi connectivity index (χ0) is 9.26. The minimum absolute atomic E-state index is 0.813. The highest BCUT2D eigenvalue weighted by atomic mass is 14.5. The lowest BCUT2D eigenvalue weighted by Crippen LogP contribution is -1.88. The van der Waals surface area contributed by atoms with Crippen LogP contribution in [0.15, 0.2) is 43.0 Å². The molecule has 0 heterocycles. The Hall–Kier alpha value is -1.76. The number of hydrogen-bond donors (Lipinski definition) is 1. The van der Waals surface area contributed by atoms with Crippen molar-refractivity contribution in [2.24, 2.45) is 0 Å². The highest BCUT2D eigenvalue weighted by Gasteiger charge is 1.99. The van der Waals surface area contributed by atoms with Gasteiger partial charge in [0.05, 0.1) is 0 Å². The Morgan fingerprint density at radius 3 is 2.46 bits per heavy atom. The van der Waals surface area contributed by atoms with Gasteiger partial charge in [0.1, 0.15) is 0 Å². The zero-order valence-corrected chi connectivity index (χ0v) is 7.33. The van der Waals surface area contributed by atoms with Gasteiger partial charge in [-0.2, -0.15) is 0 Å². The molecule has 0 bridgehead atoms. The molecule has 2 N–H and O–H groups in total. The van der Waals surface area contributed by atoms with Crippen LogP contribution in [-0.2, 0) is 0 Å². The van der Waals surface area contributed by atoms with Crippen molar-refractivity contribution in [1.29, 1.82) is 0 Å². The number of hydrogen-bond acceptors (Lipinski definition) is 1. The van der Waals surface area contributed by atoms with Gasteiger partial charge >= 0.3 is 0 Å². The first-order chi connectivity index (χ1) is 6.33.